The van der Waals surface area contributed by atoms with Crippen LogP contribution in [-0.4, -0.2) is 45.4 Å². The van der Waals surface area contributed by atoms with Crippen molar-refractivity contribution in [1.82, 2.24) is 0 Å². The third-order valence-electron chi connectivity index (χ3n) is 3.77. The molecule has 3 nitrogen and oxygen atoms in total. The molecular formula is C15H30O3SSi. The van der Waals surface area contributed by atoms with Crippen molar-refractivity contribution in [1.29, 1.82) is 0 Å². The van der Waals surface area contributed by atoms with E-state index >= 15 is 0 Å². The number of ether oxygens (including phenoxy) is 2. The highest BCUT2D eigenvalue weighted by Crippen LogP contribution is 2.31. The second-order valence-electron chi connectivity index (χ2n) is 7.03. The average Bonchev–Trinajstić information content (AvgIpc) is 2.31. The highest BCUT2D eigenvalue weighted by molar-refractivity contribution is 7.99. The van der Waals surface area contributed by atoms with Gasteiger partial charge in [0.15, 0.2) is 0 Å². The van der Waals surface area contributed by atoms with Crippen LogP contribution in [0, 0.1) is 5.41 Å². The van der Waals surface area contributed by atoms with Crippen LogP contribution in [0.1, 0.15) is 26.2 Å². The van der Waals surface area contributed by atoms with E-state index < -0.39 is 8.07 Å². The normalized spacial score (nSPS) is 17.6. The van der Waals surface area contributed by atoms with E-state index in [-0.39, 0.29) is 11.4 Å². The Morgan fingerprint density at radius 2 is 2.00 bits per heavy atom. The van der Waals surface area contributed by atoms with Gasteiger partial charge < -0.3 is 9.47 Å². The monoisotopic (exact) mass is 318 g/mol. The summed E-state index contributed by atoms with van der Waals surface area (Å²) < 4.78 is 10.6. The summed E-state index contributed by atoms with van der Waals surface area (Å²) in [7, 11) is -0.892. The number of hydrogen-bond donors (Lipinski definition) is 0. The first-order valence-electron chi connectivity index (χ1n) is 7.68. The summed E-state index contributed by atoms with van der Waals surface area (Å²) in [5, 5.41) is 0. The van der Waals surface area contributed by atoms with E-state index in [1.807, 2.05) is 11.8 Å². The van der Waals surface area contributed by atoms with Crippen molar-refractivity contribution >= 4 is 25.8 Å². The Hall–Kier alpha value is -0.00312. The largest absolute Gasteiger partial charge is 0.465 e. The molecule has 0 atom stereocenters. The van der Waals surface area contributed by atoms with Crippen LogP contribution < -0.4 is 0 Å². The molecule has 0 saturated carbocycles. The predicted octanol–water partition coefficient (Wildman–Crippen LogP) is 3.81. The zero-order valence-electron chi connectivity index (χ0n) is 13.5. The molecule has 0 aliphatic carbocycles. The molecule has 0 N–H and O–H groups in total. The van der Waals surface area contributed by atoms with Crippen molar-refractivity contribution in [2.75, 3.05) is 31.3 Å². The van der Waals surface area contributed by atoms with Gasteiger partial charge in [-0.3, -0.25) is 4.79 Å². The molecule has 1 rings (SSSR count). The summed E-state index contributed by atoms with van der Waals surface area (Å²) in [6.07, 6.45) is 2.84. The van der Waals surface area contributed by atoms with Gasteiger partial charge in [-0.15, -0.1) is 0 Å². The van der Waals surface area contributed by atoms with Crippen LogP contribution >= 0.6 is 11.8 Å². The van der Waals surface area contributed by atoms with Gasteiger partial charge in [0.05, 0.1) is 25.0 Å². The lowest BCUT2D eigenvalue weighted by atomic mass is 9.84. The zero-order chi connectivity index (χ0) is 15.1. The second kappa shape index (κ2) is 8.44. The maximum Gasteiger partial charge on any atom is 0.306 e. The minimum Gasteiger partial charge on any atom is -0.465 e. The Morgan fingerprint density at radius 1 is 1.30 bits per heavy atom. The summed E-state index contributed by atoms with van der Waals surface area (Å²) in [6, 6.07) is 1.38. The maximum atomic E-state index is 11.7. The van der Waals surface area contributed by atoms with E-state index in [0.717, 1.165) is 25.4 Å². The van der Waals surface area contributed by atoms with Crippen LogP contribution in [0.5, 0.6) is 0 Å². The molecule has 1 fully saturated rings. The van der Waals surface area contributed by atoms with Gasteiger partial charge in [-0.25, -0.2) is 0 Å². The Labute approximate surface area is 129 Å². The number of carbonyl (C=O) groups excluding carboxylic acids is 1. The van der Waals surface area contributed by atoms with Gasteiger partial charge in [0.25, 0.3) is 0 Å². The van der Waals surface area contributed by atoms with Crippen molar-refractivity contribution in [2.24, 2.45) is 5.41 Å². The molecule has 0 aromatic heterocycles. The lowest BCUT2D eigenvalue weighted by molar-refractivity contribution is -0.170. The standard InChI is InChI=1S/C15H30O3SSi/c1-5-15(11-17-12-15)13-18-14(16)7-9-19-8-6-10-20(2,3)4/h5-13H2,1-4H3. The molecule has 0 radical (unpaired) electrons. The van der Waals surface area contributed by atoms with E-state index in [9.17, 15) is 4.79 Å². The maximum absolute atomic E-state index is 11.7. The number of thioether (sulfide) groups is 1. The summed E-state index contributed by atoms with van der Waals surface area (Å²) >= 11 is 1.88. The summed E-state index contributed by atoms with van der Waals surface area (Å²) in [6.45, 7) is 11.4. The first-order valence-corrected chi connectivity index (χ1v) is 12.5. The van der Waals surface area contributed by atoms with E-state index in [4.69, 9.17) is 9.47 Å². The molecule has 118 valence electrons. The highest BCUT2D eigenvalue weighted by Gasteiger charge is 2.38. The topological polar surface area (TPSA) is 35.5 Å². The summed E-state index contributed by atoms with van der Waals surface area (Å²) in [4.78, 5) is 11.7. The van der Waals surface area contributed by atoms with Crippen molar-refractivity contribution in [2.45, 2.75) is 51.9 Å². The van der Waals surface area contributed by atoms with E-state index in [1.165, 1.54) is 18.2 Å². The molecule has 0 bridgehead atoms. The Kier molecular flexibility index (Phi) is 7.62. The molecule has 5 heteroatoms. The molecule has 0 spiro atoms. The quantitative estimate of drug-likeness (QED) is 0.349. The fourth-order valence-electron chi connectivity index (χ4n) is 2.05. The van der Waals surface area contributed by atoms with Gasteiger partial charge in [-0.2, -0.15) is 11.8 Å². The van der Waals surface area contributed by atoms with Crippen LogP contribution in [0.4, 0.5) is 0 Å². The van der Waals surface area contributed by atoms with Gasteiger partial charge in [-0.1, -0.05) is 32.6 Å². The molecule has 1 heterocycles. The SMILES string of the molecule is CCC1(COC(=O)CCSCCC[Si](C)(C)C)COC1. The number of esters is 1. The smallest absolute Gasteiger partial charge is 0.306 e. The second-order valence-corrected chi connectivity index (χ2v) is 13.9. The molecular weight excluding hydrogens is 288 g/mol. The Morgan fingerprint density at radius 3 is 2.50 bits per heavy atom. The third-order valence-corrected chi connectivity index (χ3v) is 6.70. The fourth-order valence-corrected chi connectivity index (χ4v) is 4.41. The molecule has 1 saturated heterocycles. The summed E-state index contributed by atoms with van der Waals surface area (Å²) in [5.41, 5.74) is 0.111. The van der Waals surface area contributed by atoms with Gasteiger partial charge in [0.1, 0.15) is 6.61 Å². The van der Waals surface area contributed by atoms with Crippen molar-refractivity contribution < 1.29 is 14.3 Å². The molecule has 0 aromatic rings. The Bertz CT molecular complexity index is 292. The van der Waals surface area contributed by atoms with Crippen molar-refractivity contribution in [3.8, 4) is 0 Å². The van der Waals surface area contributed by atoms with E-state index in [0.29, 0.717) is 13.0 Å². The number of carbonyl (C=O) groups is 1. The van der Waals surface area contributed by atoms with Crippen LogP contribution in [0.25, 0.3) is 0 Å². The lowest BCUT2D eigenvalue weighted by Crippen LogP contribution is -2.46. The predicted molar refractivity (Wildman–Crippen MR) is 89.2 cm³/mol. The molecule has 0 amide bonds. The summed E-state index contributed by atoms with van der Waals surface area (Å²) in [5.74, 6) is 2.01. The molecule has 0 unspecified atom stereocenters. The average molecular weight is 319 g/mol. The van der Waals surface area contributed by atoms with Crippen molar-refractivity contribution in [3.05, 3.63) is 0 Å². The molecule has 20 heavy (non-hydrogen) atoms. The van der Waals surface area contributed by atoms with Gasteiger partial charge in [-0.05, 0) is 18.6 Å². The van der Waals surface area contributed by atoms with Crippen LogP contribution in [0.15, 0.2) is 0 Å². The van der Waals surface area contributed by atoms with E-state index in [2.05, 4.69) is 26.6 Å². The fraction of sp³-hybridized carbons (Fsp3) is 0.933. The van der Waals surface area contributed by atoms with E-state index in [1.54, 1.807) is 0 Å². The molecule has 1 aliphatic rings. The Balaban J connectivity index is 1.98. The first-order chi connectivity index (χ1) is 9.37. The minimum absolute atomic E-state index is 0.0533. The number of rotatable bonds is 10. The van der Waals surface area contributed by atoms with Crippen LogP contribution in [0.2, 0.25) is 25.7 Å². The lowest BCUT2D eigenvalue weighted by Gasteiger charge is -2.39. The first kappa shape index (κ1) is 18.0. The highest BCUT2D eigenvalue weighted by atomic mass is 32.2. The number of hydrogen-bond acceptors (Lipinski definition) is 4. The van der Waals surface area contributed by atoms with Gasteiger partial charge >= 0.3 is 5.97 Å². The van der Waals surface area contributed by atoms with Crippen LogP contribution in [0.3, 0.4) is 0 Å². The molecule has 0 aromatic carbocycles. The van der Waals surface area contributed by atoms with Crippen molar-refractivity contribution in [3.63, 3.8) is 0 Å². The van der Waals surface area contributed by atoms with Crippen LogP contribution in [-0.2, 0) is 14.3 Å². The zero-order valence-corrected chi connectivity index (χ0v) is 15.3. The molecule has 1 aliphatic heterocycles. The minimum atomic E-state index is -0.892. The third kappa shape index (κ3) is 7.13. The van der Waals surface area contributed by atoms with Gasteiger partial charge in [0, 0.05) is 13.8 Å². The van der Waals surface area contributed by atoms with Gasteiger partial charge in [0.2, 0.25) is 0 Å².